The Labute approximate surface area is 173 Å². The van der Waals surface area contributed by atoms with Crippen LogP contribution in [0.1, 0.15) is 85.0 Å². The number of fused-ring (bicyclic) bond motifs is 2. The lowest BCUT2D eigenvalue weighted by molar-refractivity contribution is 0.0592. The summed E-state index contributed by atoms with van der Waals surface area (Å²) in [4.78, 5) is 65.4. The number of hydrogen-bond acceptors (Lipinski definition) is 5. The third-order valence-corrected chi connectivity index (χ3v) is 5.39. The fraction of sp³-hybridized carbons (Fsp3) is 0.261. The van der Waals surface area contributed by atoms with Crippen LogP contribution in [-0.2, 0) is 0 Å². The van der Waals surface area contributed by atoms with Gasteiger partial charge in [0.25, 0.3) is 23.6 Å². The molecule has 0 spiro atoms. The molecule has 0 radical (unpaired) electrons. The number of hydrogen-bond donors (Lipinski definition) is 0. The van der Waals surface area contributed by atoms with Gasteiger partial charge in [0.05, 0.1) is 22.3 Å². The van der Waals surface area contributed by atoms with E-state index in [0.29, 0.717) is 0 Å². The summed E-state index contributed by atoms with van der Waals surface area (Å²) in [5.74, 6) is -2.00. The monoisotopic (exact) mass is 404 g/mol. The van der Waals surface area contributed by atoms with Gasteiger partial charge in [-0.2, -0.15) is 0 Å². The highest BCUT2D eigenvalue weighted by atomic mass is 16.2. The highest BCUT2D eigenvalue weighted by Gasteiger charge is 2.39. The van der Waals surface area contributed by atoms with Gasteiger partial charge in [-0.1, -0.05) is 12.1 Å². The largest absolute Gasteiger partial charge is 0.289 e. The zero-order valence-electron chi connectivity index (χ0n) is 17.1. The van der Waals surface area contributed by atoms with E-state index < -0.39 is 17.6 Å². The lowest BCUT2D eigenvalue weighted by atomic mass is 9.96. The van der Waals surface area contributed by atoms with Crippen LogP contribution in [0.15, 0.2) is 36.4 Å². The maximum Gasteiger partial charge on any atom is 0.261 e. The first kappa shape index (κ1) is 19.7. The molecule has 0 atom stereocenters. The van der Waals surface area contributed by atoms with Crippen LogP contribution in [0.4, 0.5) is 0 Å². The minimum absolute atomic E-state index is 0.193. The number of rotatable bonds is 4. The molecule has 0 bridgehead atoms. The van der Waals surface area contributed by atoms with Crippen LogP contribution in [0.3, 0.4) is 0 Å². The lowest BCUT2D eigenvalue weighted by Crippen LogP contribution is -2.35. The third-order valence-electron chi connectivity index (χ3n) is 5.39. The van der Waals surface area contributed by atoms with E-state index in [1.807, 2.05) is 0 Å². The van der Waals surface area contributed by atoms with Crippen molar-refractivity contribution >= 4 is 29.4 Å². The van der Waals surface area contributed by atoms with Crippen LogP contribution in [0, 0.1) is 0 Å². The molecule has 2 aromatic rings. The molecule has 2 aliphatic heterocycles. The molecule has 30 heavy (non-hydrogen) atoms. The first-order valence-corrected chi connectivity index (χ1v) is 9.72. The van der Waals surface area contributed by atoms with Crippen LogP contribution in [-0.4, -0.2) is 51.3 Å². The number of nitrogens with zero attached hydrogens (tertiary/aromatic N) is 2. The number of imide groups is 2. The van der Waals surface area contributed by atoms with Crippen LogP contribution < -0.4 is 0 Å². The van der Waals surface area contributed by atoms with Gasteiger partial charge in [-0.05, 0) is 52.0 Å². The van der Waals surface area contributed by atoms with Crippen molar-refractivity contribution < 1.29 is 24.0 Å². The van der Waals surface area contributed by atoms with Crippen molar-refractivity contribution in [3.8, 4) is 0 Å². The summed E-state index contributed by atoms with van der Waals surface area (Å²) in [6.07, 6.45) is 0. The smallest absolute Gasteiger partial charge is 0.261 e. The molecule has 2 aromatic carbocycles. The maximum absolute atomic E-state index is 13.0. The Bertz CT molecular complexity index is 1070. The first-order chi connectivity index (χ1) is 14.1. The average molecular weight is 404 g/mol. The molecule has 0 aromatic heterocycles. The van der Waals surface area contributed by atoms with Crippen molar-refractivity contribution in [2.24, 2.45) is 0 Å². The van der Waals surface area contributed by atoms with Crippen molar-refractivity contribution in [3.63, 3.8) is 0 Å². The minimum atomic E-state index is -0.429. The fourth-order valence-corrected chi connectivity index (χ4v) is 3.91. The number of amides is 4. The summed E-state index contributed by atoms with van der Waals surface area (Å²) >= 11 is 0. The molecule has 4 rings (SSSR count). The third kappa shape index (κ3) is 2.69. The van der Waals surface area contributed by atoms with Gasteiger partial charge in [-0.25, -0.2) is 0 Å². The van der Waals surface area contributed by atoms with E-state index in [0.717, 1.165) is 0 Å². The second-order valence-electron chi connectivity index (χ2n) is 8.00. The van der Waals surface area contributed by atoms with E-state index in [9.17, 15) is 24.0 Å². The van der Waals surface area contributed by atoms with Crippen LogP contribution >= 0.6 is 0 Å². The Kier molecular flexibility index (Phi) is 4.42. The van der Waals surface area contributed by atoms with Gasteiger partial charge in [-0.15, -0.1) is 0 Å². The van der Waals surface area contributed by atoms with Crippen molar-refractivity contribution in [1.82, 2.24) is 9.80 Å². The number of benzene rings is 2. The predicted molar refractivity (Wildman–Crippen MR) is 108 cm³/mol. The summed E-state index contributed by atoms with van der Waals surface area (Å²) < 4.78 is 0. The zero-order valence-corrected chi connectivity index (χ0v) is 17.1. The SMILES string of the molecule is CC(C)N1C(=O)c2ccc(C(=O)c3ccc4c(c3)C(=O)N(C(C)C)C4=O)cc2C1=O. The van der Waals surface area contributed by atoms with Gasteiger partial charge < -0.3 is 0 Å². The Morgan fingerprint density at radius 1 is 0.600 bits per heavy atom. The van der Waals surface area contributed by atoms with Crippen LogP contribution in [0.5, 0.6) is 0 Å². The molecular formula is C23H20N2O5. The fourth-order valence-electron chi connectivity index (χ4n) is 3.91. The second kappa shape index (κ2) is 6.73. The minimum Gasteiger partial charge on any atom is -0.289 e. The molecule has 0 fully saturated rings. The van der Waals surface area contributed by atoms with Crippen LogP contribution in [0.25, 0.3) is 0 Å². The quantitative estimate of drug-likeness (QED) is 0.577. The average Bonchev–Trinajstić information content (AvgIpc) is 3.11. The van der Waals surface area contributed by atoms with Gasteiger partial charge >= 0.3 is 0 Å². The van der Waals surface area contributed by atoms with E-state index in [-0.39, 0.29) is 57.3 Å². The summed E-state index contributed by atoms with van der Waals surface area (Å²) in [6, 6.07) is 8.21. The van der Waals surface area contributed by atoms with Gasteiger partial charge in [0.2, 0.25) is 0 Å². The number of carbonyl (C=O) groups excluding carboxylic acids is 5. The van der Waals surface area contributed by atoms with Crippen molar-refractivity contribution in [2.75, 3.05) is 0 Å². The molecule has 0 saturated carbocycles. The molecular weight excluding hydrogens is 384 g/mol. The predicted octanol–water partition coefficient (Wildman–Crippen LogP) is 2.93. The second-order valence-corrected chi connectivity index (χ2v) is 8.00. The van der Waals surface area contributed by atoms with Crippen molar-refractivity contribution in [1.29, 1.82) is 0 Å². The van der Waals surface area contributed by atoms with E-state index in [1.54, 1.807) is 27.7 Å². The molecule has 0 aliphatic carbocycles. The number of carbonyl (C=O) groups is 5. The highest BCUT2D eigenvalue weighted by molar-refractivity contribution is 6.24. The molecule has 0 saturated heterocycles. The Morgan fingerprint density at radius 3 is 1.27 bits per heavy atom. The standard InChI is InChI=1S/C23H20N2O5/c1-11(2)24-20(27)15-7-5-13(9-17(15)22(24)29)19(26)14-6-8-16-18(10-14)23(30)25(12(3)4)21(16)28/h5-12H,1-4H3. The van der Waals surface area contributed by atoms with E-state index >= 15 is 0 Å². The van der Waals surface area contributed by atoms with Crippen molar-refractivity contribution in [2.45, 2.75) is 39.8 Å². The van der Waals surface area contributed by atoms with Gasteiger partial charge in [0, 0.05) is 23.2 Å². The Morgan fingerprint density at radius 2 is 0.933 bits per heavy atom. The number of ketones is 1. The highest BCUT2D eigenvalue weighted by Crippen LogP contribution is 2.29. The summed E-state index contributed by atoms with van der Waals surface area (Å²) in [7, 11) is 0. The van der Waals surface area contributed by atoms with E-state index in [2.05, 4.69) is 0 Å². The first-order valence-electron chi connectivity index (χ1n) is 9.72. The summed E-state index contributed by atoms with van der Waals surface area (Å²) in [5.41, 5.74) is 1.40. The van der Waals surface area contributed by atoms with E-state index in [4.69, 9.17) is 0 Å². The summed E-state index contributed by atoms with van der Waals surface area (Å²) in [6.45, 7) is 6.99. The molecule has 7 nitrogen and oxygen atoms in total. The Hall–Kier alpha value is -3.61. The summed E-state index contributed by atoms with van der Waals surface area (Å²) in [5, 5.41) is 0. The maximum atomic E-state index is 13.0. The molecule has 0 N–H and O–H groups in total. The van der Waals surface area contributed by atoms with Gasteiger partial charge in [-0.3, -0.25) is 33.8 Å². The van der Waals surface area contributed by atoms with Gasteiger partial charge in [0.1, 0.15) is 0 Å². The molecule has 2 heterocycles. The zero-order chi connectivity index (χ0) is 21.9. The topological polar surface area (TPSA) is 91.8 Å². The molecule has 152 valence electrons. The lowest BCUT2D eigenvalue weighted by Gasteiger charge is -2.17. The van der Waals surface area contributed by atoms with Crippen molar-refractivity contribution in [3.05, 3.63) is 69.8 Å². The molecule has 4 amide bonds. The molecule has 0 unspecified atom stereocenters. The van der Waals surface area contributed by atoms with Gasteiger partial charge in [0.15, 0.2) is 5.78 Å². The molecule has 7 heteroatoms. The van der Waals surface area contributed by atoms with Crippen LogP contribution in [0.2, 0.25) is 0 Å². The normalized spacial score (nSPS) is 15.5. The van der Waals surface area contributed by atoms with E-state index in [1.165, 1.54) is 46.2 Å². The Balaban J connectivity index is 1.70. The molecule has 2 aliphatic rings.